The third-order valence-electron chi connectivity index (χ3n) is 9.46. The molecule has 9 rings (SSSR count). The van der Waals surface area contributed by atoms with E-state index in [0.29, 0.717) is 0 Å². The number of rotatable bonds is 2. The molecular weight excluding hydrogens is 504 g/mol. The van der Waals surface area contributed by atoms with Gasteiger partial charge in [-0.3, -0.25) is 9.97 Å². The molecule has 2 aromatic carbocycles. The summed E-state index contributed by atoms with van der Waals surface area (Å²) < 4.78 is 8.98. The van der Waals surface area contributed by atoms with Crippen LogP contribution in [0.4, 0.5) is 11.4 Å². The fourth-order valence-corrected chi connectivity index (χ4v) is 7.46. The van der Waals surface area contributed by atoms with Gasteiger partial charge in [0.15, 0.2) is 0 Å². The van der Waals surface area contributed by atoms with Crippen LogP contribution in [0, 0.1) is 0 Å². The second-order valence-corrected chi connectivity index (χ2v) is 11.8. The van der Waals surface area contributed by atoms with Gasteiger partial charge >= 0.3 is 0 Å². The summed E-state index contributed by atoms with van der Waals surface area (Å²) in [6, 6.07) is 23.8. The number of hydrogen-bond donors (Lipinski definition) is 0. The number of ether oxygens (including phenoxy) is 1. The van der Waals surface area contributed by atoms with E-state index in [4.69, 9.17) is 14.7 Å². The quantitative estimate of drug-likeness (QED) is 0.232. The Morgan fingerprint density at radius 2 is 1.71 bits per heavy atom. The molecule has 5 heterocycles. The molecule has 5 aromatic rings. The molecule has 0 saturated heterocycles. The normalized spacial score (nSPS) is 27.0. The zero-order valence-electron chi connectivity index (χ0n) is 22.9. The summed E-state index contributed by atoms with van der Waals surface area (Å²) in [5.41, 5.74) is 8.45. The van der Waals surface area contributed by atoms with E-state index in [9.17, 15) is 0 Å². The van der Waals surface area contributed by atoms with Gasteiger partial charge in [-0.1, -0.05) is 42.5 Å². The molecule has 4 unspecified atom stereocenters. The van der Waals surface area contributed by atoms with E-state index in [1.807, 2.05) is 24.5 Å². The second-order valence-electron chi connectivity index (χ2n) is 11.8. The molecule has 2 aliphatic carbocycles. The summed E-state index contributed by atoms with van der Waals surface area (Å²) >= 11 is 0. The van der Waals surface area contributed by atoms with Gasteiger partial charge in [0.1, 0.15) is 11.4 Å². The van der Waals surface area contributed by atoms with E-state index < -0.39 is 5.60 Å². The fourth-order valence-electron chi connectivity index (χ4n) is 7.46. The maximum atomic E-state index is 6.64. The maximum Gasteiger partial charge on any atom is 0.135 e. The minimum Gasteiger partial charge on any atom is -0.482 e. The summed E-state index contributed by atoms with van der Waals surface area (Å²) in [5.74, 6) is 1.01. The van der Waals surface area contributed by atoms with Gasteiger partial charge in [0.25, 0.3) is 0 Å². The lowest BCUT2D eigenvalue weighted by atomic mass is 9.78. The van der Waals surface area contributed by atoms with Crippen LogP contribution in [0.2, 0.25) is 0 Å². The largest absolute Gasteiger partial charge is 0.482 e. The summed E-state index contributed by atoms with van der Waals surface area (Å²) in [6.07, 6.45) is 19.5. The fraction of sp³-hybridized carbons (Fsp3) is 0.167. The highest BCUT2D eigenvalue weighted by Crippen LogP contribution is 2.54. The van der Waals surface area contributed by atoms with E-state index in [0.717, 1.165) is 50.5 Å². The Kier molecular flexibility index (Phi) is 4.38. The van der Waals surface area contributed by atoms with Crippen LogP contribution in [0.15, 0.2) is 122 Å². The predicted molar refractivity (Wildman–Crippen MR) is 165 cm³/mol. The standard InChI is InChI=1S/C36H28N4O/c1-35-17-6-5-13-32(35)40(30-12-8-20-38-34(30)35)23-14-15-31-26(21-23)27-22-24(16-18-36(27,2)41-31)39-28-10-4-3-9-25(28)33-29(39)11-7-19-37-33/h3-22,27,32H,1-2H3. The molecule has 3 aromatic heterocycles. The van der Waals surface area contributed by atoms with E-state index in [1.54, 1.807) is 0 Å². The molecule has 4 atom stereocenters. The van der Waals surface area contributed by atoms with Gasteiger partial charge in [0, 0.05) is 34.7 Å². The smallest absolute Gasteiger partial charge is 0.135 e. The average molecular weight is 533 g/mol. The number of allylic oxidation sites excluding steroid dienone is 4. The number of aromatic nitrogens is 3. The zero-order valence-corrected chi connectivity index (χ0v) is 22.9. The number of nitrogens with zero attached hydrogens (tertiary/aromatic N) is 4. The van der Waals surface area contributed by atoms with E-state index in [-0.39, 0.29) is 17.4 Å². The van der Waals surface area contributed by atoms with Crippen molar-refractivity contribution in [3.63, 3.8) is 0 Å². The monoisotopic (exact) mass is 532 g/mol. The first-order valence-corrected chi connectivity index (χ1v) is 14.2. The molecule has 0 bridgehead atoms. The second kappa shape index (κ2) is 7.85. The Bertz CT molecular complexity index is 1990. The Morgan fingerprint density at radius 1 is 0.854 bits per heavy atom. The van der Waals surface area contributed by atoms with Gasteiger partial charge in [0.2, 0.25) is 0 Å². The summed E-state index contributed by atoms with van der Waals surface area (Å²) in [7, 11) is 0. The first-order chi connectivity index (χ1) is 20.1. The lowest BCUT2D eigenvalue weighted by molar-refractivity contribution is 0.155. The first kappa shape index (κ1) is 22.9. The maximum absolute atomic E-state index is 6.64. The molecule has 2 aliphatic heterocycles. The van der Waals surface area contributed by atoms with Crippen LogP contribution in [0.3, 0.4) is 0 Å². The summed E-state index contributed by atoms with van der Waals surface area (Å²) in [4.78, 5) is 12.0. The van der Waals surface area contributed by atoms with Crippen LogP contribution >= 0.6 is 0 Å². The third-order valence-corrected chi connectivity index (χ3v) is 9.46. The SMILES string of the molecule is CC12C=CC(n3c4ccccc4c4ncccc43)=CC1c1cc(N3c4cccnc4C4(C)C=CC=CC34)ccc1O2. The van der Waals surface area contributed by atoms with Gasteiger partial charge in [-0.15, -0.1) is 0 Å². The van der Waals surface area contributed by atoms with Gasteiger partial charge in [0.05, 0.1) is 45.3 Å². The Hall–Kier alpha value is -4.90. The van der Waals surface area contributed by atoms with Crippen LogP contribution in [-0.2, 0) is 5.41 Å². The predicted octanol–water partition coefficient (Wildman–Crippen LogP) is 7.83. The topological polar surface area (TPSA) is 43.2 Å². The van der Waals surface area contributed by atoms with E-state index >= 15 is 0 Å². The van der Waals surface area contributed by atoms with Crippen molar-refractivity contribution in [1.82, 2.24) is 14.5 Å². The van der Waals surface area contributed by atoms with Crippen molar-refractivity contribution in [2.45, 2.75) is 36.8 Å². The van der Waals surface area contributed by atoms with Gasteiger partial charge in [-0.2, -0.15) is 0 Å². The Morgan fingerprint density at radius 3 is 2.66 bits per heavy atom. The van der Waals surface area contributed by atoms with Crippen LogP contribution in [0.25, 0.3) is 27.6 Å². The molecule has 4 aliphatic rings. The van der Waals surface area contributed by atoms with Crippen molar-refractivity contribution < 1.29 is 4.74 Å². The number of pyridine rings is 2. The van der Waals surface area contributed by atoms with Crippen molar-refractivity contribution in [1.29, 1.82) is 0 Å². The van der Waals surface area contributed by atoms with Gasteiger partial charge < -0.3 is 14.2 Å². The molecule has 0 saturated carbocycles. The van der Waals surface area contributed by atoms with E-state index in [1.165, 1.54) is 5.56 Å². The minimum atomic E-state index is -0.450. The lowest BCUT2D eigenvalue weighted by Crippen LogP contribution is -2.39. The number of benzene rings is 2. The third kappa shape index (κ3) is 2.95. The molecule has 5 heteroatoms. The molecule has 0 amide bonds. The van der Waals surface area contributed by atoms with Crippen molar-refractivity contribution in [2.24, 2.45) is 0 Å². The van der Waals surface area contributed by atoms with Gasteiger partial charge in [-0.05, 0) is 80.6 Å². The van der Waals surface area contributed by atoms with Crippen molar-refractivity contribution in [2.75, 3.05) is 4.90 Å². The molecule has 0 fully saturated rings. The molecule has 5 nitrogen and oxygen atoms in total. The molecule has 0 spiro atoms. The van der Waals surface area contributed by atoms with Crippen LogP contribution < -0.4 is 9.64 Å². The van der Waals surface area contributed by atoms with E-state index in [2.05, 4.69) is 120 Å². The van der Waals surface area contributed by atoms with Crippen LogP contribution in [0.1, 0.15) is 31.0 Å². The Labute approximate surface area is 238 Å². The van der Waals surface area contributed by atoms with Crippen LogP contribution in [-0.4, -0.2) is 26.2 Å². The Balaban J connectivity index is 1.20. The highest BCUT2D eigenvalue weighted by atomic mass is 16.5. The van der Waals surface area contributed by atoms with Gasteiger partial charge in [-0.25, -0.2) is 0 Å². The number of fused-ring (bicyclic) bond motifs is 9. The zero-order chi connectivity index (χ0) is 27.3. The molecule has 0 radical (unpaired) electrons. The average Bonchev–Trinajstić information content (AvgIpc) is 3.59. The lowest BCUT2D eigenvalue weighted by Gasteiger charge is -2.34. The molecular formula is C36H28N4O. The minimum absolute atomic E-state index is 0.0643. The first-order valence-electron chi connectivity index (χ1n) is 14.2. The molecule has 198 valence electrons. The van der Waals surface area contributed by atoms with Crippen LogP contribution in [0.5, 0.6) is 5.75 Å². The number of para-hydroxylation sites is 1. The summed E-state index contributed by atoms with van der Waals surface area (Å²) in [6.45, 7) is 4.48. The molecule has 41 heavy (non-hydrogen) atoms. The highest BCUT2D eigenvalue weighted by molar-refractivity contribution is 6.08. The molecule has 0 N–H and O–H groups in total. The van der Waals surface area contributed by atoms with Crippen molar-refractivity contribution in [3.8, 4) is 5.75 Å². The highest BCUT2D eigenvalue weighted by Gasteiger charge is 2.49. The van der Waals surface area contributed by atoms with Crippen molar-refractivity contribution >= 4 is 39.0 Å². The van der Waals surface area contributed by atoms with Crippen molar-refractivity contribution in [3.05, 3.63) is 133 Å². The summed E-state index contributed by atoms with van der Waals surface area (Å²) in [5, 5.41) is 1.16. The number of anilines is 2. The number of hydrogen-bond acceptors (Lipinski definition) is 4.